The summed E-state index contributed by atoms with van der Waals surface area (Å²) in [6, 6.07) is 10.2. The van der Waals surface area contributed by atoms with Crippen LogP contribution in [0.4, 0.5) is 13.9 Å². The minimum Gasteiger partial charge on any atom is -0.484 e. The van der Waals surface area contributed by atoms with Gasteiger partial charge in [0.25, 0.3) is 5.91 Å². The van der Waals surface area contributed by atoms with Crippen molar-refractivity contribution in [3.05, 3.63) is 54.1 Å². The summed E-state index contributed by atoms with van der Waals surface area (Å²) < 4.78 is 38.7. The minimum absolute atomic E-state index is 0.229. The number of carbonyl (C=O) groups excluding carboxylic acids is 1. The Labute approximate surface area is 176 Å². The van der Waals surface area contributed by atoms with Crippen molar-refractivity contribution in [2.75, 3.05) is 50.9 Å². The predicted molar refractivity (Wildman–Crippen MR) is 111 cm³/mol. The molecule has 0 atom stereocenters. The van der Waals surface area contributed by atoms with Gasteiger partial charge in [-0.15, -0.1) is 0 Å². The molecule has 30 heavy (non-hydrogen) atoms. The number of anilines is 1. The van der Waals surface area contributed by atoms with E-state index < -0.39 is 5.82 Å². The molecule has 6 nitrogen and oxygen atoms in total. The Hall–Kier alpha value is -2.62. The van der Waals surface area contributed by atoms with Gasteiger partial charge in [0, 0.05) is 26.2 Å². The van der Waals surface area contributed by atoms with Crippen molar-refractivity contribution < 1.29 is 23.0 Å². The lowest BCUT2D eigenvalue weighted by molar-refractivity contribution is -0.120. The van der Waals surface area contributed by atoms with E-state index in [9.17, 15) is 13.6 Å². The third-order valence-corrected chi connectivity index (χ3v) is 5.85. The number of halogens is 2. The van der Waals surface area contributed by atoms with Crippen molar-refractivity contribution in [2.24, 2.45) is 0 Å². The zero-order valence-corrected chi connectivity index (χ0v) is 17.0. The van der Waals surface area contributed by atoms with Gasteiger partial charge in [0.05, 0.1) is 17.9 Å². The summed E-state index contributed by atoms with van der Waals surface area (Å²) in [7, 11) is 0. The lowest BCUT2D eigenvalue weighted by Gasteiger charge is -2.29. The van der Waals surface area contributed by atoms with Gasteiger partial charge in [-0.05, 0) is 36.4 Å². The first kappa shape index (κ1) is 20.6. The Morgan fingerprint density at radius 3 is 2.67 bits per heavy atom. The van der Waals surface area contributed by atoms with E-state index in [1.807, 2.05) is 0 Å². The highest BCUT2D eigenvalue weighted by atomic mass is 32.1. The Kier molecular flexibility index (Phi) is 6.51. The van der Waals surface area contributed by atoms with Crippen LogP contribution in [0.3, 0.4) is 0 Å². The van der Waals surface area contributed by atoms with Crippen LogP contribution in [0, 0.1) is 11.6 Å². The summed E-state index contributed by atoms with van der Waals surface area (Å²) in [5.41, 5.74) is 0.251. The summed E-state index contributed by atoms with van der Waals surface area (Å²) >= 11 is 1.26. The first-order chi connectivity index (χ1) is 14.6. The fourth-order valence-corrected chi connectivity index (χ4v) is 4.19. The van der Waals surface area contributed by atoms with E-state index in [0.717, 1.165) is 13.1 Å². The molecule has 0 bridgehead atoms. The number of rotatable bonds is 7. The summed E-state index contributed by atoms with van der Waals surface area (Å²) in [5, 5.41) is 0.427. The van der Waals surface area contributed by atoms with E-state index in [1.165, 1.54) is 46.6 Å². The topological polar surface area (TPSA) is 54.9 Å². The summed E-state index contributed by atoms with van der Waals surface area (Å²) in [6.07, 6.45) is 0. The number of thiazole rings is 1. The molecule has 1 aliphatic rings. The van der Waals surface area contributed by atoms with Crippen LogP contribution in [0.5, 0.6) is 5.75 Å². The molecule has 0 radical (unpaired) electrons. The lowest BCUT2D eigenvalue weighted by atomic mass is 10.3. The number of benzene rings is 2. The molecule has 0 unspecified atom stereocenters. The van der Waals surface area contributed by atoms with Crippen LogP contribution < -0.4 is 9.64 Å². The molecule has 0 saturated carbocycles. The maximum Gasteiger partial charge on any atom is 0.266 e. The van der Waals surface area contributed by atoms with E-state index in [2.05, 4.69) is 9.88 Å². The second kappa shape index (κ2) is 9.46. The molecule has 4 rings (SSSR count). The average molecular weight is 433 g/mol. The van der Waals surface area contributed by atoms with Crippen LogP contribution in [-0.4, -0.2) is 61.8 Å². The maximum absolute atomic E-state index is 14.1. The summed E-state index contributed by atoms with van der Waals surface area (Å²) in [5.74, 6) is -0.698. The first-order valence-electron chi connectivity index (χ1n) is 9.64. The fraction of sp³-hybridized carbons (Fsp3) is 0.333. The Balaban J connectivity index is 1.51. The van der Waals surface area contributed by atoms with E-state index >= 15 is 0 Å². The van der Waals surface area contributed by atoms with Crippen LogP contribution >= 0.6 is 11.3 Å². The number of nitrogens with zero attached hydrogens (tertiary/aromatic N) is 3. The summed E-state index contributed by atoms with van der Waals surface area (Å²) in [6.45, 7) is 3.72. The third kappa shape index (κ3) is 4.92. The van der Waals surface area contributed by atoms with Gasteiger partial charge in [0.2, 0.25) is 0 Å². The van der Waals surface area contributed by atoms with Crippen LogP contribution in [0.2, 0.25) is 0 Å². The molecule has 1 aliphatic heterocycles. The predicted octanol–water partition coefficient (Wildman–Crippen LogP) is 3.32. The van der Waals surface area contributed by atoms with Crippen LogP contribution in [0.15, 0.2) is 42.5 Å². The Morgan fingerprint density at radius 1 is 1.17 bits per heavy atom. The van der Waals surface area contributed by atoms with Crippen LogP contribution in [-0.2, 0) is 9.53 Å². The molecular formula is C21H21F2N3O3S. The molecule has 0 spiro atoms. The SMILES string of the molecule is O=C(COc1ccc(F)cc1)N(CCN1CCOCC1)c1nc2c(F)cccc2s1. The number of hydrogen-bond acceptors (Lipinski definition) is 6. The van der Waals surface area contributed by atoms with Crippen molar-refractivity contribution in [3.63, 3.8) is 0 Å². The standard InChI is InChI=1S/C21H21F2N3O3S/c22-15-4-6-16(7-5-15)29-14-19(27)26(9-8-25-10-12-28-13-11-25)21-24-20-17(23)2-1-3-18(20)30-21/h1-7H,8-14H2. The molecule has 1 aromatic heterocycles. The maximum atomic E-state index is 14.1. The zero-order chi connectivity index (χ0) is 20.9. The highest BCUT2D eigenvalue weighted by molar-refractivity contribution is 7.22. The number of morpholine rings is 1. The molecule has 0 aliphatic carbocycles. The first-order valence-corrected chi connectivity index (χ1v) is 10.5. The number of para-hydroxylation sites is 1. The lowest BCUT2D eigenvalue weighted by Crippen LogP contribution is -2.44. The van der Waals surface area contributed by atoms with Crippen molar-refractivity contribution in [1.29, 1.82) is 0 Å². The van der Waals surface area contributed by atoms with E-state index in [0.29, 0.717) is 41.9 Å². The van der Waals surface area contributed by atoms with Gasteiger partial charge in [-0.25, -0.2) is 13.8 Å². The van der Waals surface area contributed by atoms with Crippen molar-refractivity contribution in [2.45, 2.75) is 0 Å². The van der Waals surface area contributed by atoms with E-state index in [-0.39, 0.29) is 23.8 Å². The van der Waals surface area contributed by atoms with E-state index in [4.69, 9.17) is 9.47 Å². The zero-order valence-electron chi connectivity index (χ0n) is 16.2. The molecule has 1 amide bonds. The Bertz CT molecular complexity index is 1010. The van der Waals surface area contributed by atoms with Gasteiger partial charge >= 0.3 is 0 Å². The molecule has 2 aromatic carbocycles. The van der Waals surface area contributed by atoms with Gasteiger partial charge in [-0.1, -0.05) is 17.4 Å². The van der Waals surface area contributed by atoms with Gasteiger partial charge < -0.3 is 9.47 Å². The molecule has 0 N–H and O–H groups in total. The number of hydrogen-bond donors (Lipinski definition) is 0. The monoisotopic (exact) mass is 433 g/mol. The number of ether oxygens (including phenoxy) is 2. The molecule has 158 valence electrons. The van der Waals surface area contributed by atoms with Gasteiger partial charge in [0.1, 0.15) is 22.9 Å². The molecule has 2 heterocycles. The van der Waals surface area contributed by atoms with Crippen molar-refractivity contribution >= 4 is 32.6 Å². The number of aromatic nitrogens is 1. The third-order valence-electron chi connectivity index (χ3n) is 4.81. The minimum atomic E-state index is -0.418. The van der Waals surface area contributed by atoms with Crippen LogP contribution in [0.1, 0.15) is 0 Å². The van der Waals surface area contributed by atoms with Gasteiger partial charge in [-0.3, -0.25) is 14.6 Å². The fourth-order valence-electron chi connectivity index (χ4n) is 3.17. The van der Waals surface area contributed by atoms with Crippen molar-refractivity contribution in [3.8, 4) is 5.75 Å². The Morgan fingerprint density at radius 2 is 1.93 bits per heavy atom. The summed E-state index contributed by atoms with van der Waals surface area (Å²) in [4.78, 5) is 21.1. The number of fused-ring (bicyclic) bond motifs is 1. The quantitative estimate of drug-likeness (QED) is 0.572. The second-order valence-corrected chi connectivity index (χ2v) is 7.83. The highest BCUT2D eigenvalue weighted by Gasteiger charge is 2.23. The van der Waals surface area contributed by atoms with E-state index in [1.54, 1.807) is 12.1 Å². The second-order valence-electron chi connectivity index (χ2n) is 6.83. The normalized spacial score (nSPS) is 14.7. The van der Waals surface area contributed by atoms with Gasteiger partial charge in [-0.2, -0.15) is 0 Å². The number of carbonyl (C=O) groups is 1. The molecule has 3 aromatic rings. The van der Waals surface area contributed by atoms with Crippen molar-refractivity contribution in [1.82, 2.24) is 9.88 Å². The average Bonchev–Trinajstić information content (AvgIpc) is 3.19. The molecule has 1 fully saturated rings. The smallest absolute Gasteiger partial charge is 0.266 e. The highest BCUT2D eigenvalue weighted by Crippen LogP contribution is 2.30. The molecular weight excluding hydrogens is 412 g/mol. The van der Waals surface area contributed by atoms with Gasteiger partial charge in [0.15, 0.2) is 11.7 Å². The van der Waals surface area contributed by atoms with Crippen LogP contribution in [0.25, 0.3) is 10.2 Å². The molecule has 9 heteroatoms. The largest absolute Gasteiger partial charge is 0.484 e. The molecule has 1 saturated heterocycles. The number of amides is 1.